The maximum atomic E-state index is 3.43. The van der Waals surface area contributed by atoms with Crippen LogP contribution < -0.4 is 0 Å². The maximum absolute atomic E-state index is 3.43. The van der Waals surface area contributed by atoms with Crippen molar-refractivity contribution in [2.24, 2.45) is 0 Å². The number of alkyl halides is 1. The van der Waals surface area contributed by atoms with Gasteiger partial charge in [0.2, 0.25) is 0 Å². The van der Waals surface area contributed by atoms with E-state index in [9.17, 15) is 0 Å². The molecule has 0 aromatic carbocycles. The number of allylic oxidation sites excluding steroid dienone is 8. The molecule has 0 aromatic heterocycles. The van der Waals surface area contributed by atoms with Gasteiger partial charge in [-0.15, -0.1) is 0 Å². The summed E-state index contributed by atoms with van der Waals surface area (Å²) in [7, 11) is 0. The van der Waals surface area contributed by atoms with E-state index in [2.05, 4.69) is 52.4 Å². The minimum atomic E-state index is 1.08. The predicted octanol–water partition coefficient (Wildman–Crippen LogP) is 3.77. The molecule has 0 radical (unpaired) electrons. The molecule has 0 nitrogen and oxygen atoms in total. The fourth-order valence-corrected chi connectivity index (χ4v) is 1.32. The quantitative estimate of drug-likeness (QED) is 0.641. The number of hydrogen-bond donors (Lipinski definition) is 0. The third kappa shape index (κ3) is 3.72. The van der Waals surface area contributed by atoms with Crippen molar-refractivity contribution >= 4 is 15.9 Å². The van der Waals surface area contributed by atoms with E-state index in [1.807, 2.05) is 6.08 Å². The van der Waals surface area contributed by atoms with E-state index in [0.29, 0.717) is 0 Å². The highest BCUT2D eigenvalue weighted by molar-refractivity contribution is 9.09. The summed E-state index contributed by atoms with van der Waals surface area (Å²) in [4.78, 5) is 0. The summed E-state index contributed by atoms with van der Waals surface area (Å²) in [5.74, 6) is 0. The van der Waals surface area contributed by atoms with Crippen LogP contribution in [0.2, 0.25) is 0 Å². The molecule has 0 saturated carbocycles. The summed E-state index contributed by atoms with van der Waals surface area (Å²) in [6, 6.07) is 0. The molecule has 64 valence electrons. The summed E-state index contributed by atoms with van der Waals surface area (Å²) in [6.45, 7) is 0. The average molecular weight is 225 g/mol. The van der Waals surface area contributed by atoms with E-state index in [1.165, 1.54) is 12.0 Å². The van der Waals surface area contributed by atoms with Crippen LogP contribution in [0.5, 0.6) is 0 Å². The Morgan fingerprint density at radius 3 is 2.58 bits per heavy atom. The van der Waals surface area contributed by atoms with E-state index in [0.717, 1.165) is 11.8 Å². The molecule has 0 fully saturated rings. The van der Waals surface area contributed by atoms with E-state index < -0.39 is 0 Å². The first-order valence-corrected chi connectivity index (χ1v) is 5.32. The molecule has 1 aliphatic rings. The number of rotatable bonds is 3. The second-order valence-corrected chi connectivity index (χ2v) is 3.46. The molecule has 0 saturated heterocycles. The second kappa shape index (κ2) is 6.01. The highest BCUT2D eigenvalue weighted by atomic mass is 79.9. The summed E-state index contributed by atoms with van der Waals surface area (Å²) in [5, 5.41) is 1.08. The molecule has 0 unspecified atom stereocenters. The highest BCUT2D eigenvalue weighted by Crippen LogP contribution is 2.09. The molecule has 12 heavy (non-hydrogen) atoms. The van der Waals surface area contributed by atoms with Crippen molar-refractivity contribution in [2.45, 2.75) is 12.8 Å². The van der Waals surface area contributed by atoms with Gasteiger partial charge in [0.1, 0.15) is 0 Å². The van der Waals surface area contributed by atoms with Crippen molar-refractivity contribution in [3.05, 3.63) is 48.1 Å². The van der Waals surface area contributed by atoms with Gasteiger partial charge in [-0.25, -0.2) is 0 Å². The minimum absolute atomic E-state index is 1.08. The van der Waals surface area contributed by atoms with E-state index in [1.54, 1.807) is 0 Å². The van der Waals surface area contributed by atoms with E-state index in [4.69, 9.17) is 0 Å². The minimum Gasteiger partial charge on any atom is -0.0928 e. The van der Waals surface area contributed by atoms with Crippen molar-refractivity contribution in [3.8, 4) is 0 Å². The topological polar surface area (TPSA) is 0 Å². The molecule has 1 heteroatoms. The van der Waals surface area contributed by atoms with Crippen LogP contribution >= 0.6 is 15.9 Å². The molecule has 0 amide bonds. The van der Waals surface area contributed by atoms with Crippen LogP contribution in [0.4, 0.5) is 0 Å². The van der Waals surface area contributed by atoms with Crippen LogP contribution in [0.3, 0.4) is 0 Å². The molecular formula is C11H13Br. The Morgan fingerprint density at radius 1 is 1.00 bits per heavy atom. The van der Waals surface area contributed by atoms with Gasteiger partial charge in [0, 0.05) is 5.33 Å². The van der Waals surface area contributed by atoms with Gasteiger partial charge in [-0.05, 0) is 18.4 Å². The van der Waals surface area contributed by atoms with Crippen molar-refractivity contribution in [3.63, 3.8) is 0 Å². The highest BCUT2D eigenvalue weighted by Gasteiger charge is 1.90. The normalized spacial score (nSPS) is 20.9. The van der Waals surface area contributed by atoms with Crippen LogP contribution in [-0.2, 0) is 0 Å². The zero-order valence-electron chi connectivity index (χ0n) is 7.04. The van der Waals surface area contributed by atoms with Crippen LogP contribution in [0.1, 0.15) is 12.8 Å². The van der Waals surface area contributed by atoms with Crippen molar-refractivity contribution in [1.82, 2.24) is 0 Å². The van der Waals surface area contributed by atoms with Crippen LogP contribution in [0, 0.1) is 0 Å². The van der Waals surface area contributed by atoms with Gasteiger partial charge >= 0.3 is 0 Å². The van der Waals surface area contributed by atoms with Crippen LogP contribution in [0.15, 0.2) is 48.1 Å². The van der Waals surface area contributed by atoms with Gasteiger partial charge in [-0.3, -0.25) is 0 Å². The molecule has 0 N–H and O–H groups in total. The number of hydrogen-bond acceptors (Lipinski definition) is 0. The first-order valence-electron chi connectivity index (χ1n) is 4.20. The Balaban J connectivity index is 2.50. The molecule has 1 aliphatic carbocycles. The largest absolute Gasteiger partial charge is 0.0928 e. The summed E-state index contributed by atoms with van der Waals surface area (Å²) in [6.07, 6.45) is 17.0. The Labute approximate surface area is 82.5 Å². The van der Waals surface area contributed by atoms with Gasteiger partial charge < -0.3 is 0 Å². The average Bonchev–Trinajstić information content (AvgIpc) is 2.02. The Bertz CT molecular complexity index is 231. The first kappa shape index (κ1) is 9.53. The third-order valence-corrected chi connectivity index (χ3v) is 2.22. The molecule has 0 spiro atoms. The van der Waals surface area contributed by atoms with E-state index >= 15 is 0 Å². The van der Waals surface area contributed by atoms with Crippen LogP contribution in [-0.4, -0.2) is 5.33 Å². The molecule has 0 aliphatic heterocycles. The monoisotopic (exact) mass is 224 g/mol. The lowest BCUT2D eigenvalue weighted by atomic mass is 10.1. The van der Waals surface area contributed by atoms with Crippen molar-refractivity contribution < 1.29 is 0 Å². The fourth-order valence-electron chi connectivity index (χ4n) is 1.04. The van der Waals surface area contributed by atoms with E-state index in [-0.39, 0.29) is 0 Å². The van der Waals surface area contributed by atoms with Crippen LogP contribution in [0.25, 0.3) is 0 Å². The Hall–Kier alpha value is -0.560. The second-order valence-electron chi connectivity index (χ2n) is 2.66. The smallest absolute Gasteiger partial charge is 0.00344 e. The Kier molecular flexibility index (Phi) is 4.77. The zero-order chi connectivity index (χ0) is 8.65. The Morgan fingerprint density at radius 2 is 1.75 bits per heavy atom. The van der Waals surface area contributed by atoms with Gasteiger partial charge in [0.15, 0.2) is 0 Å². The summed E-state index contributed by atoms with van der Waals surface area (Å²) >= 11 is 3.43. The fraction of sp³-hybridized carbons (Fsp3) is 0.273. The molecule has 0 bridgehead atoms. The van der Waals surface area contributed by atoms with Crippen molar-refractivity contribution in [1.29, 1.82) is 0 Å². The van der Waals surface area contributed by atoms with Gasteiger partial charge in [0.05, 0.1) is 0 Å². The third-order valence-electron chi connectivity index (χ3n) is 1.66. The lowest BCUT2D eigenvalue weighted by Gasteiger charge is -1.98. The molecular weight excluding hydrogens is 212 g/mol. The zero-order valence-corrected chi connectivity index (χ0v) is 8.63. The lowest BCUT2D eigenvalue weighted by Crippen LogP contribution is -1.81. The summed E-state index contributed by atoms with van der Waals surface area (Å²) in [5.41, 5.74) is 1.40. The maximum Gasteiger partial charge on any atom is 0.00344 e. The lowest BCUT2D eigenvalue weighted by molar-refractivity contribution is 0.944. The van der Waals surface area contributed by atoms with Gasteiger partial charge in [-0.2, -0.15) is 0 Å². The molecule has 0 aromatic rings. The predicted molar refractivity (Wildman–Crippen MR) is 58.5 cm³/mol. The van der Waals surface area contributed by atoms with Gasteiger partial charge in [0.25, 0.3) is 0 Å². The molecule has 0 heterocycles. The molecule has 1 rings (SSSR count). The first-order chi connectivity index (χ1) is 5.93. The standard InChI is InChI=1S/C11H13Br/c12-10-6-9-11-7-4-2-1-3-5-8-11/h1-5,7-8H,6,9-10H2/b2-1-,3-1?,4-2?,5-3-,7-4?,8-5?,11-7?,11-8?. The number of halogens is 1. The molecule has 0 atom stereocenters. The summed E-state index contributed by atoms with van der Waals surface area (Å²) < 4.78 is 0. The van der Waals surface area contributed by atoms with Crippen molar-refractivity contribution in [2.75, 3.05) is 5.33 Å². The SMILES string of the molecule is BrCCCC1=C/C=C\C=C/C=C1. The van der Waals surface area contributed by atoms with Gasteiger partial charge in [-0.1, -0.05) is 58.5 Å².